The van der Waals surface area contributed by atoms with E-state index < -0.39 is 0 Å². The number of hydrogen-bond donors (Lipinski definition) is 0. The van der Waals surface area contributed by atoms with E-state index in [0.717, 1.165) is 32.8 Å². The highest BCUT2D eigenvalue weighted by Crippen LogP contribution is 2.33. The van der Waals surface area contributed by atoms with Crippen molar-refractivity contribution < 1.29 is 9.53 Å². The minimum atomic E-state index is 0.0223. The highest BCUT2D eigenvalue weighted by atomic mass is 79.9. The Hall–Kier alpha value is -2.83. The Labute approximate surface area is 199 Å². The van der Waals surface area contributed by atoms with Crippen LogP contribution in [0.15, 0.2) is 77.3 Å². The van der Waals surface area contributed by atoms with E-state index >= 15 is 0 Å². The van der Waals surface area contributed by atoms with Gasteiger partial charge in [0.05, 0.1) is 17.6 Å². The first-order chi connectivity index (χ1) is 15.6. The lowest BCUT2D eigenvalue weighted by atomic mass is 10.1. The molecule has 1 atom stereocenters. The number of para-hydroxylation sites is 2. The standard InChI is InChI=1S/C25H21BrClN3O2/c26-18-5-9-20(10-6-18)30-16-17(15-24(30)31)25-28-22-3-1-2-4-23(22)29(25)13-14-32-21-11-7-19(27)8-12-21/h1-12,17H,13-16H2. The number of amides is 1. The normalized spacial score (nSPS) is 16.1. The maximum atomic E-state index is 12.8. The van der Waals surface area contributed by atoms with Crippen LogP contribution in [0, 0.1) is 0 Å². The summed E-state index contributed by atoms with van der Waals surface area (Å²) in [5.74, 6) is 1.85. The minimum Gasteiger partial charge on any atom is -0.492 e. The van der Waals surface area contributed by atoms with Crippen LogP contribution in [0.3, 0.4) is 0 Å². The predicted molar refractivity (Wildman–Crippen MR) is 131 cm³/mol. The molecule has 0 saturated carbocycles. The molecule has 5 nitrogen and oxygen atoms in total. The molecule has 0 spiro atoms. The molecule has 1 unspecified atom stereocenters. The van der Waals surface area contributed by atoms with Gasteiger partial charge >= 0.3 is 0 Å². The smallest absolute Gasteiger partial charge is 0.227 e. The molecule has 1 aliphatic rings. The number of rotatable bonds is 6. The van der Waals surface area contributed by atoms with E-state index in [1.807, 2.05) is 71.6 Å². The summed E-state index contributed by atoms with van der Waals surface area (Å²) in [5.41, 5.74) is 2.90. The molecule has 162 valence electrons. The lowest BCUT2D eigenvalue weighted by Crippen LogP contribution is -2.24. The number of ether oxygens (including phenoxy) is 1. The number of imidazole rings is 1. The van der Waals surface area contributed by atoms with Crippen molar-refractivity contribution in [3.05, 3.63) is 88.1 Å². The van der Waals surface area contributed by atoms with E-state index in [1.54, 1.807) is 0 Å². The molecule has 0 radical (unpaired) electrons. The molecule has 1 saturated heterocycles. The molecule has 0 aliphatic carbocycles. The molecule has 7 heteroatoms. The van der Waals surface area contributed by atoms with Crippen LogP contribution in [-0.2, 0) is 11.3 Å². The van der Waals surface area contributed by atoms with Gasteiger partial charge in [-0.15, -0.1) is 0 Å². The van der Waals surface area contributed by atoms with Crippen molar-refractivity contribution in [1.82, 2.24) is 9.55 Å². The summed E-state index contributed by atoms with van der Waals surface area (Å²) in [6.45, 7) is 1.75. The van der Waals surface area contributed by atoms with Crippen LogP contribution in [0.4, 0.5) is 5.69 Å². The van der Waals surface area contributed by atoms with Crippen molar-refractivity contribution in [3.63, 3.8) is 0 Å². The van der Waals surface area contributed by atoms with Crippen molar-refractivity contribution in [2.24, 2.45) is 0 Å². The largest absolute Gasteiger partial charge is 0.492 e. The number of halogens is 2. The Morgan fingerprint density at radius 1 is 1.03 bits per heavy atom. The molecule has 4 aromatic rings. The van der Waals surface area contributed by atoms with Gasteiger partial charge in [0.2, 0.25) is 5.91 Å². The topological polar surface area (TPSA) is 47.4 Å². The fraction of sp³-hybridized carbons (Fsp3) is 0.200. The number of benzene rings is 3. The summed E-state index contributed by atoms with van der Waals surface area (Å²) < 4.78 is 9.12. The number of carbonyl (C=O) groups is 1. The zero-order chi connectivity index (χ0) is 22.1. The van der Waals surface area contributed by atoms with Crippen LogP contribution in [0.1, 0.15) is 18.2 Å². The number of anilines is 1. The molecule has 2 heterocycles. The van der Waals surface area contributed by atoms with E-state index in [1.165, 1.54) is 0 Å². The van der Waals surface area contributed by atoms with Gasteiger partial charge in [-0.25, -0.2) is 4.98 Å². The first-order valence-electron chi connectivity index (χ1n) is 10.5. The van der Waals surface area contributed by atoms with E-state index in [2.05, 4.69) is 26.6 Å². The molecule has 1 fully saturated rings. The molecule has 0 bridgehead atoms. The van der Waals surface area contributed by atoms with Gasteiger partial charge in [-0.2, -0.15) is 0 Å². The van der Waals surface area contributed by atoms with E-state index in [0.29, 0.717) is 31.1 Å². The van der Waals surface area contributed by atoms with Crippen LogP contribution in [-0.4, -0.2) is 28.6 Å². The molecular formula is C25H21BrClN3O2. The monoisotopic (exact) mass is 509 g/mol. The molecule has 3 aromatic carbocycles. The van der Waals surface area contributed by atoms with Crippen LogP contribution in [0.2, 0.25) is 5.02 Å². The number of hydrogen-bond acceptors (Lipinski definition) is 3. The molecule has 1 aliphatic heterocycles. The molecule has 0 N–H and O–H groups in total. The third-order valence-corrected chi connectivity index (χ3v) is 6.49. The van der Waals surface area contributed by atoms with Crippen molar-refractivity contribution in [1.29, 1.82) is 0 Å². The minimum absolute atomic E-state index is 0.0223. The Kier molecular flexibility index (Phi) is 5.89. The first-order valence-corrected chi connectivity index (χ1v) is 11.6. The maximum absolute atomic E-state index is 12.8. The van der Waals surface area contributed by atoms with Crippen LogP contribution >= 0.6 is 27.5 Å². The fourth-order valence-electron chi connectivity index (χ4n) is 4.18. The van der Waals surface area contributed by atoms with Crippen LogP contribution in [0.25, 0.3) is 11.0 Å². The lowest BCUT2D eigenvalue weighted by Gasteiger charge is -2.17. The fourth-order valence-corrected chi connectivity index (χ4v) is 4.57. The van der Waals surface area contributed by atoms with Gasteiger partial charge in [0.25, 0.3) is 0 Å². The van der Waals surface area contributed by atoms with Gasteiger partial charge in [0.15, 0.2) is 0 Å². The Bertz CT molecular complexity index is 1250. The highest BCUT2D eigenvalue weighted by molar-refractivity contribution is 9.10. The van der Waals surface area contributed by atoms with E-state index in [9.17, 15) is 4.79 Å². The summed E-state index contributed by atoms with van der Waals surface area (Å²) in [6.07, 6.45) is 0.442. The Balaban J connectivity index is 1.39. The lowest BCUT2D eigenvalue weighted by molar-refractivity contribution is -0.117. The van der Waals surface area contributed by atoms with Gasteiger partial charge in [0, 0.05) is 34.1 Å². The van der Waals surface area contributed by atoms with Crippen LogP contribution < -0.4 is 9.64 Å². The van der Waals surface area contributed by atoms with Crippen molar-refractivity contribution in [2.75, 3.05) is 18.1 Å². The van der Waals surface area contributed by atoms with Crippen LogP contribution in [0.5, 0.6) is 5.75 Å². The maximum Gasteiger partial charge on any atom is 0.227 e. The summed E-state index contributed by atoms with van der Waals surface area (Å²) in [7, 11) is 0. The van der Waals surface area contributed by atoms with Gasteiger partial charge in [-0.05, 0) is 60.7 Å². The summed E-state index contributed by atoms with van der Waals surface area (Å²) in [4.78, 5) is 19.6. The van der Waals surface area contributed by atoms with Crippen molar-refractivity contribution in [2.45, 2.75) is 18.9 Å². The second-order valence-corrected chi connectivity index (χ2v) is 9.15. The third-order valence-electron chi connectivity index (χ3n) is 5.71. The Morgan fingerprint density at radius 3 is 2.56 bits per heavy atom. The first kappa shape index (κ1) is 21.0. The highest BCUT2D eigenvalue weighted by Gasteiger charge is 2.34. The number of nitrogens with zero attached hydrogens (tertiary/aromatic N) is 3. The average Bonchev–Trinajstić information content (AvgIpc) is 3.36. The number of aromatic nitrogens is 2. The zero-order valence-corrected chi connectivity index (χ0v) is 19.6. The van der Waals surface area contributed by atoms with Gasteiger partial charge in [-0.3, -0.25) is 4.79 Å². The molecule has 5 rings (SSSR count). The number of fused-ring (bicyclic) bond motifs is 1. The third kappa shape index (κ3) is 4.25. The van der Waals surface area contributed by atoms with E-state index in [4.69, 9.17) is 21.3 Å². The van der Waals surface area contributed by atoms with Crippen molar-refractivity contribution in [3.8, 4) is 5.75 Å². The SMILES string of the molecule is O=C1CC(c2nc3ccccc3n2CCOc2ccc(Cl)cc2)CN1c1ccc(Br)cc1. The second kappa shape index (κ2) is 8.96. The number of carbonyl (C=O) groups excluding carboxylic acids is 1. The predicted octanol–water partition coefficient (Wildman–Crippen LogP) is 6.05. The van der Waals surface area contributed by atoms with Gasteiger partial charge in [0.1, 0.15) is 18.2 Å². The molecule has 32 heavy (non-hydrogen) atoms. The summed E-state index contributed by atoms with van der Waals surface area (Å²) in [6, 6.07) is 23.3. The van der Waals surface area contributed by atoms with Crippen molar-refractivity contribution >= 4 is 50.2 Å². The van der Waals surface area contributed by atoms with Gasteiger partial charge < -0.3 is 14.2 Å². The second-order valence-electron chi connectivity index (χ2n) is 7.79. The van der Waals surface area contributed by atoms with E-state index in [-0.39, 0.29) is 11.8 Å². The van der Waals surface area contributed by atoms with Gasteiger partial charge in [-0.1, -0.05) is 39.7 Å². The zero-order valence-electron chi connectivity index (χ0n) is 17.2. The molecule has 1 aromatic heterocycles. The summed E-state index contributed by atoms with van der Waals surface area (Å²) >= 11 is 9.42. The molecular weight excluding hydrogens is 490 g/mol. The summed E-state index contributed by atoms with van der Waals surface area (Å²) in [5, 5.41) is 0.682. The average molecular weight is 511 g/mol. The Morgan fingerprint density at radius 2 is 1.78 bits per heavy atom. The molecule has 1 amide bonds. The quantitative estimate of drug-likeness (QED) is 0.317.